The maximum absolute atomic E-state index is 12.8. The molecule has 1 amide bonds. The van der Waals surface area contributed by atoms with E-state index in [1.54, 1.807) is 0 Å². The van der Waals surface area contributed by atoms with Crippen LogP contribution in [0.1, 0.15) is 71.3 Å². The summed E-state index contributed by atoms with van der Waals surface area (Å²) < 4.78 is 0. The van der Waals surface area contributed by atoms with Crippen molar-refractivity contribution in [2.24, 2.45) is 11.8 Å². The van der Waals surface area contributed by atoms with Crippen LogP contribution in [0.15, 0.2) is 24.3 Å². The summed E-state index contributed by atoms with van der Waals surface area (Å²) in [6.45, 7) is 12.3. The zero-order valence-electron chi connectivity index (χ0n) is 18.2. The molecular formula is C24H38N2O2. The number of aliphatic hydroxyl groups is 1. The number of likely N-dealkylation sites (tertiary alicyclic amines) is 1. The Balaban J connectivity index is 1.50. The van der Waals surface area contributed by atoms with Crippen LogP contribution in [0.3, 0.4) is 0 Å². The van der Waals surface area contributed by atoms with Crippen molar-refractivity contribution in [2.45, 2.75) is 71.3 Å². The summed E-state index contributed by atoms with van der Waals surface area (Å²) in [6, 6.07) is 8.77. The average Bonchev–Trinajstić information content (AvgIpc) is 2.68. The molecule has 2 aliphatic rings. The quantitative estimate of drug-likeness (QED) is 0.814. The van der Waals surface area contributed by atoms with Gasteiger partial charge in [-0.2, -0.15) is 0 Å². The molecule has 28 heavy (non-hydrogen) atoms. The molecule has 0 unspecified atom stereocenters. The molecule has 2 saturated heterocycles. The van der Waals surface area contributed by atoms with Crippen molar-refractivity contribution in [3.8, 4) is 0 Å². The van der Waals surface area contributed by atoms with E-state index in [-0.39, 0.29) is 12.3 Å². The Morgan fingerprint density at radius 2 is 1.61 bits per heavy atom. The van der Waals surface area contributed by atoms with Crippen LogP contribution in [0.5, 0.6) is 0 Å². The molecule has 0 aromatic heterocycles. The molecule has 2 fully saturated rings. The zero-order chi connectivity index (χ0) is 20.3. The van der Waals surface area contributed by atoms with Gasteiger partial charge in [0.2, 0.25) is 5.91 Å². The Hall–Kier alpha value is -1.55. The number of nitrogens with zero attached hydrogens (tertiary/aromatic N) is 2. The number of hydrogen-bond acceptors (Lipinski definition) is 3. The van der Waals surface area contributed by atoms with Crippen molar-refractivity contribution in [3.63, 3.8) is 0 Å². The standard InChI is InChI=1S/C24H38N2O2/c1-18(2)20-5-7-22(8-6-20)25-15-11-24(28,12-16-25)17-23(27)26-13-9-21(10-14-26)19(3)4/h5-8,18-19,21,28H,9-17H2,1-4H3. The molecule has 0 atom stereocenters. The third-order valence-corrected chi connectivity index (χ3v) is 6.93. The molecule has 2 aliphatic heterocycles. The van der Waals surface area contributed by atoms with Crippen LogP contribution in [-0.2, 0) is 4.79 Å². The normalized spacial score (nSPS) is 20.8. The Morgan fingerprint density at radius 1 is 1.04 bits per heavy atom. The summed E-state index contributed by atoms with van der Waals surface area (Å²) in [5, 5.41) is 11.0. The largest absolute Gasteiger partial charge is 0.389 e. The molecule has 0 radical (unpaired) electrons. The summed E-state index contributed by atoms with van der Waals surface area (Å²) in [7, 11) is 0. The number of carbonyl (C=O) groups excluding carboxylic acids is 1. The van der Waals surface area contributed by atoms with Crippen LogP contribution in [0.2, 0.25) is 0 Å². The third-order valence-electron chi connectivity index (χ3n) is 6.93. The second-order valence-electron chi connectivity index (χ2n) is 9.60. The molecule has 0 aliphatic carbocycles. The fourth-order valence-electron chi connectivity index (χ4n) is 4.64. The van der Waals surface area contributed by atoms with Gasteiger partial charge in [-0.25, -0.2) is 0 Å². The summed E-state index contributed by atoms with van der Waals surface area (Å²) in [5.74, 6) is 2.11. The highest BCUT2D eigenvalue weighted by Gasteiger charge is 2.36. The molecule has 0 spiro atoms. The monoisotopic (exact) mass is 386 g/mol. The van der Waals surface area contributed by atoms with Crippen LogP contribution >= 0.6 is 0 Å². The molecule has 156 valence electrons. The zero-order valence-corrected chi connectivity index (χ0v) is 18.2. The second-order valence-corrected chi connectivity index (χ2v) is 9.60. The van der Waals surface area contributed by atoms with Crippen LogP contribution < -0.4 is 4.90 Å². The number of piperidine rings is 2. The summed E-state index contributed by atoms with van der Waals surface area (Å²) >= 11 is 0. The predicted octanol–water partition coefficient (Wildman–Crippen LogP) is 4.43. The van der Waals surface area contributed by atoms with Gasteiger partial charge in [-0.15, -0.1) is 0 Å². The number of benzene rings is 1. The van der Waals surface area contributed by atoms with Crippen molar-refractivity contribution >= 4 is 11.6 Å². The van der Waals surface area contributed by atoms with Crippen molar-refractivity contribution < 1.29 is 9.90 Å². The van der Waals surface area contributed by atoms with Gasteiger partial charge in [0, 0.05) is 31.9 Å². The first-order valence-electron chi connectivity index (χ1n) is 11.1. The topological polar surface area (TPSA) is 43.8 Å². The van der Waals surface area contributed by atoms with E-state index in [1.165, 1.54) is 11.3 Å². The Morgan fingerprint density at radius 3 is 2.11 bits per heavy atom. The van der Waals surface area contributed by atoms with E-state index in [9.17, 15) is 9.90 Å². The molecule has 1 N–H and O–H groups in total. The molecule has 4 nitrogen and oxygen atoms in total. The first kappa shape index (κ1) is 21.2. The van der Waals surface area contributed by atoms with Crippen LogP contribution in [-0.4, -0.2) is 47.7 Å². The van der Waals surface area contributed by atoms with E-state index in [0.29, 0.717) is 24.7 Å². The van der Waals surface area contributed by atoms with Gasteiger partial charge < -0.3 is 14.9 Å². The molecule has 4 heteroatoms. The van der Waals surface area contributed by atoms with Gasteiger partial charge in [0.25, 0.3) is 0 Å². The first-order valence-corrected chi connectivity index (χ1v) is 11.1. The smallest absolute Gasteiger partial charge is 0.225 e. The molecule has 0 bridgehead atoms. The fraction of sp³-hybridized carbons (Fsp3) is 0.708. The summed E-state index contributed by atoms with van der Waals surface area (Å²) in [5.41, 5.74) is 1.72. The Labute approximate surface area is 170 Å². The lowest BCUT2D eigenvalue weighted by Crippen LogP contribution is -2.49. The second kappa shape index (κ2) is 8.86. The SMILES string of the molecule is CC(C)c1ccc(N2CCC(O)(CC(=O)N3CCC(C(C)C)CC3)CC2)cc1. The molecule has 1 aromatic rings. The minimum atomic E-state index is -0.847. The van der Waals surface area contributed by atoms with E-state index >= 15 is 0 Å². The van der Waals surface area contributed by atoms with Crippen molar-refractivity contribution in [1.82, 2.24) is 4.90 Å². The molecule has 1 aromatic carbocycles. The maximum atomic E-state index is 12.8. The number of rotatable bonds is 5. The van der Waals surface area contributed by atoms with E-state index < -0.39 is 5.60 Å². The summed E-state index contributed by atoms with van der Waals surface area (Å²) in [6.07, 6.45) is 3.80. The Kier molecular flexibility index (Phi) is 6.69. The van der Waals surface area contributed by atoms with Gasteiger partial charge >= 0.3 is 0 Å². The number of carbonyl (C=O) groups is 1. The molecular weight excluding hydrogens is 348 g/mol. The van der Waals surface area contributed by atoms with Crippen molar-refractivity contribution in [1.29, 1.82) is 0 Å². The van der Waals surface area contributed by atoms with E-state index in [2.05, 4.69) is 56.9 Å². The lowest BCUT2D eigenvalue weighted by atomic mass is 9.85. The fourth-order valence-corrected chi connectivity index (χ4v) is 4.64. The van der Waals surface area contributed by atoms with E-state index in [0.717, 1.165) is 44.9 Å². The molecule has 2 heterocycles. The van der Waals surface area contributed by atoms with Gasteiger partial charge in [0.05, 0.1) is 12.0 Å². The predicted molar refractivity (Wildman–Crippen MR) is 116 cm³/mol. The lowest BCUT2D eigenvalue weighted by Gasteiger charge is -2.41. The molecule has 3 rings (SSSR count). The summed E-state index contributed by atoms with van der Waals surface area (Å²) in [4.78, 5) is 17.1. The lowest BCUT2D eigenvalue weighted by molar-refractivity contribution is -0.138. The van der Waals surface area contributed by atoms with Gasteiger partial charge in [-0.3, -0.25) is 4.79 Å². The third kappa shape index (κ3) is 5.08. The molecule has 0 saturated carbocycles. The highest BCUT2D eigenvalue weighted by atomic mass is 16.3. The van der Waals surface area contributed by atoms with Gasteiger partial charge in [0.1, 0.15) is 0 Å². The average molecular weight is 387 g/mol. The number of anilines is 1. The number of hydrogen-bond donors (Lipinski definition) is 1. The Bertz CT molecular complexity index is 637. The number of amides is 1. The van der Waals surface area contributed by atoms with E-state index in [4.69, 9.17) is 0 Å². The van der Waals surface area contributed by atoms with Crippen LogP contribution in [0.4, 0.5) is 5.69 Å². The highest BCUT2D eigenvalue weighted by Crippen LogP contribution is 2.31. The van der Waals surface area contributed by atoms with Crippen LogP contribution in [0, 0.1) is 11.8 Å². The van der Waals surface area contributed by atoms with Gasteiger partial charge in [-0.05, 0) is 61.1 Å². The highest BCUT2D eigenvalue weighted by molar-refractivity contribution is 5.77. The maximum Gasteiger partial charge on any atom is 0.225 e. The van der Waals surface area contributed by atoms with Gasteiger partial charge in [0.15, 0.2) is 0 Å². The van der Waals surface area contributed by atoms with Crippen LogP contribution in [0.25, 0.3) is 0 Å². The minimum absolute atomic E-state index is 0.138. The van der Waals surface area contributed by atoms with Gasteiger partial charge in [-0.1, -0.05) is 39.8 Å². The first-order chi connectivity index (χ1) is 13.3. The van der Waals surface area contributed by atoms with Crippen molar-refractivity contribution in [2.75, 3.05) is 31.1 Å². The minimum Gasteiger partial charge on any atom is -0.389 e. The van der Waals surface area contributed by atoms with E-state index in [1.807, 2.05) is 4.90 Å². The van der Waals surface area contributed by atoms with Crippen molar-refractivity contribution in [3.05, 3.63) is 29.8 Å².